The summed E-state index contributed by atoms with van der Waals surface area (Å²) in [6.45, 7) is 2.40. The lowest BCUT2D eigenvalue weighted by molar-refractivity contribution is 0.0303. The molecule has 1 unspecified atom stereocenters. The van der Waals surface area contributed by atoms with Crippen molar-refractivity contribution in [3.05, 3.63) is 54.5 Å². The van der Waals surface area contributed by atoms with Gasteiger partial charge in [0.2, 0.25) is 5.95 Å². The Hall–Kier alpha value is -3.77. The molecule has 1 saturated heterocycles. The van der Waals surface area contributed by atoms with Crippen LogP contribution in [0, 0.1) is 17.2 Å². The van der Waals surface area contributed by atoms with Gasteiger partial charge in [-0.3, -0.25) is 9.48 Å². The number of nitriles is 1. The van der Waals surface area contributed by atoms with Gasteiger partial charge in [-0.2, -0.15) is 10.4 Å². The molecular formula is C24H25N7O2. The topological polar surface area (TPSA) is 109 Å². The quantitative estimate of drug-likeness (QED) is 0.596. The summed E-state index contributed by atoms with van der Waals surface area (Å²) in [6, 6.07) is 11.6. The third-order valence-electron chi connectivity index (χ3n) is 6.05. The fraction of sp³-hybridized carbons (Fsp3) is 0.375. The Labute approximate surface area is 192 Å². The Bertz CT molecular complexity index is 1160. The highest BCUT2D eigenvalue weighted by atomic mass is 16.5. The van der Waals surface area contributed by atoms with Gasteiger partial charge in [0.25, 0.3) is 5.91 Å². The highest BCUT2D eigenvalue weighted by molar-refractivity contribution is 5.94. The lowest BCUT2D eigenvalue weighted by Gasteiger charge is -2.26. The average molecular weight is 444 g/mol. The summed E-state index contributed by atoms with van der Waals surface area (Å²) in [5.74, 6) is 1.02. The molecule has 1 atom stereocenters. The van der Waals surface area contributed by atoms with Crippen molar-refractivity contribution in [2.75, 3.05) is 31.6 Å². The van der Waals surface area contributed by atoms with Gasteiger partial charge >= 0.3 is 0 Å². The number of anilines is 2. The zero-order chi connectivity index (χ0) is 22.6. The van der Waals surface area contributed by atoms with Gasteiger partial charge in [0.05, 0.1) is 43.6 Å². The maximum absolute atomic E-state index is 12.6. The molecule has 3 aromatic rings. The molecule has 1 amide bonds. The molecule has 1 aliphatic carbocycles. The summed E-state index contributed by atoms with van der Waals surface area (Å²) in [7, 11) is 0. The standard InChI is InChI=1S/C24H25N7O2/c25-9-7-22(17-1-2-17)31-16-19(15-27-31)21-8-10-26-24(29-21)28-20-5-3-18(4-6-20)23(32)30-11-13-33-14-12-30/h3-6,8,10,15-17,22H,1-2,7,11-14H2,(H,26,28,29). The van der Waals surface area contributed by atoms with Crippen molar-refractivity contribution in [2.45, 2.75) is 25.3 Å². The highest BCUT2D eigenvalue weighted by Crippen LogP contribution is 2.41. The lowest BCUT2D eigenvalue weighted by Crippen LogP contribution is -2.40. The molecule has 168 valence electrons. The molecule has 0 spiro atoms. The van der Waals surface area contributed by atoms with Crippen LogP contribution in [-0.4, -0.2) is 56.9 Å². The number of carbonyl (C=O) groups excluding carboxylic acids is 1. The van der Waals surface area contributed by atoms with Gasteiger partial charge in [0.15, 0.2) is 0 Å². The third kappa shape index (κ3) is 4.86. The fourth-order valence-electron chi connectivity index (χ4n) is 4.06. The minimum Gasteiger partial charge on any atom is -0.378 e. The number of ether oxygens (including phenoxy) is 1. The van der Waals surface area contributed by atoms with E-state index in [-0.39, 0.29) is 11.9 Å². The Kier molecular flexibility index (Phi) is 6.00. The summed E-state index contributed by atoms with van der Waals surface area (Å²) in [5.41, 5.74) is 3.08. The number of hydrogen-bond donors (Lipinski definition) is 1. The van der Waals surface area contributed by atoms with Crippen molar-refractivity contribution >= 4 is 17.5 Å². The molecule has 33 heavy (non-hydrogen) atoms. The number of hydrogen-bond acceptors (Lipinski definition) is 7. The third-order valence-corrected chi connectivity index (χ3v) is 6.05. The van der Waals surface area contributed by atoms with Crippen molar-refractivity contribution in [1.82, 2.24) is 24.6 Å². The summed E-state index contributed by atoms with van der Waals surface area (Å²) in [5, 5.41) is 16.8. The van der Waals surface area contributed by atoms with Gasteiger partial charge in [0.1, 0.15) is 0 Å². The number of amides is 1. The van der Waals surface area contributed by atoms with E-state index in [1.165, 1.54) is 0 Å². The molecule has 0 radical (unpaired) electrons. The second kappa shape index (κ2) is 9.38. The molecule has 1 saturated carbocycles. The lowest BCUT2D eigenvalue weighted by atomic mass is 10.1. The van der Waals surface area contributed by atoms with E-state index >= 15 is 0 Å². The van der Waals surface area contributed by atoms with E-state index in [1.54, 1.807) is 24.5 Å². The van der Waals surface area contributed by atoms with E-state index in [4.69, 9.17) is 10.00 Å². The van der Waals surface area contributed by atoms with Gasteiger partial charge in [-0.15, -0.1) is 0 Å². The first-order valence-electron chi connectivity index (χ1n) is 11.2. The van der Waals surface area contributed by atoms with Crippen molar-refractivity contribution in [3.63, 3.8) is 0 Å². The van der Waals surface area contributed by atoms with Crippen LogP contribution in [0.1, 0.15) is 35.7 Å². The maximum Gasteiger partial charge on any atom is 0.254 e. The molecule has 1 aliphatic heterocycles. The normalized spacial score (nSPS) is 16.8. The van der Waals surface area contributed by atoms with Crippen LogP contribution in [0.2, 0.25) is 0 Å². The van der Waals surface area contributed by atoms with Crippen LogP contribution in [0.25, 0.3) is 11.3 Å². The number of nitrogens with one attached hydrogen (secondary N) is 1. The maximum atomic E-state index is 12.6. The van der Waals surface area contributed by atoms with E-state index < -0.39 is 0 Å². The zero-order valence-corrected chi connectivity index (χ0v) is 18.2. The van der Waals surface area contributed by atoms with Crippen LogP contribution in [0.4, 0.5) is 11.6 Å². The van der Waals surface area contributed by atoms with Crippen molar-refractivity contribution in [2.24, 2.45) is 5.92 Å². The smallest absolute Gasteiger partial charge is 0.254 e. The van der Waals surface area contributed by atoms with Crippen LogP contribution >= 0.6 is 0 Å². The minimum atomic E-state index is 0.0148. The number of aromatic nitrogens is 4. The molecular weight excluding hydrogens is 418 g/mol. The van der Waals surface area contributed by atoms with Gasteiger partial charge in [-0.1, -0.05) is 0 Å². The van der Waals surface area contributed by atoms with Crippen LogP contribution in [0.15, 0.2) is 48.9 Å². The summed E-state index contributed by atoms with van der Waals surface area (Å²) >= 11 is 0. The number of benzene rings is 1. The second-order valence-electron chi connectivity index (χ2n) is 8.35. The predicted octanol–water partition coefficient (Wildman–Crippen LogP) is 3.42. The zero-order valence-electron chi connectivity index (χ0n) is 18.2. The molecule has 0 bridgehead atoms. The monoisotopic (exact) mass is 443 g/mol. The molecule has 5 rings (SSSR count). The first kappa shape index (κ1) is 21.1. The first-order chi connectivity index (χ1) is 16.2. The SMILES string of the molecule is N#CCC(C1CC1)n1cc(-c2ccnc(Nc3ccc(C(=O)N4CCOCC4)cc3)n2)cn1. The molecule has 2 aromatic heterocycles. The van der Waals surface area contributed by atoms with Crippen LogP contribution < -0.4 is 5.32 Å². The van der Waals surface area contributed by atoms with Gasteiger partial charge in [0, 0.05) is 42.3 Å². The number of morpholine rings is 1. The summed E-state index contributed by atoms with van der Waals surface area (Å²) < 4.78 is 7.21. The molecule has 3 heterocycles. The number of carbonyl (C=O) groups is 1. The highest BCUT2D eigenvalue weighted by Gasteiger charge is 2.33. The van der Waals surface area contributed by atoms with Gasteiger partial charge in [-0.05, 0) is 49.1 Å². The van der Waals surface area contributed by atoms with Crippen LogP contribution in [0.5, 0.6) is 0 Å². The van der Waals surface area contributed by atoms with Gasteiger partial charge in [-0.25, -0.2) is 9.97 Å². The van der Waals surface area contributed by atoms with E-state index in [9.17, 15) is 4.79 Å². The molecule has 9 nitrogen and oxygen atoms in total. The largest absolute Gasteiger partial charge is 0.378 e. The van der Waals surface area contributed by atoms with E-state index in [2.05, 4.69) is 26.5 Å². The van der Waals surface area contributed by atoms with E-state index in [0.717, 1.165) is 29.8 Å². The molecule has 9 heteroatoms. The van der Waals surface area contributed by atoms with Crippen molar-refractivity contribution in [3.8, 4) is 17.3 Å². The van der Waals surface area contributed by atoms with Crippen LogP contribution in [-0.2, 0) is 4.74 Å². The average Bonchev–Trinajstić information content (AvgIpc) is 3.59. The Morgan fingerprint density at radius 1 is 1.21 bits per heavy atom. The Balaban J connectivity index is 1.27. The molecule has 2 aliphatic rings. The Morgan fingerprint density at radius 3 is 2.73 bits per heavy atom. The van der Waals surface area contributed by atoms with Gasteiger partial charge < -0.3 is 15.0 Å². The Morgan fingerprint density at radius 2 is 2.00 bits per heavy atom. The summed E-state index contributed by atoms with van der Waals surface area (Å²) in [6.07, 6.45) is 8.21. The van der Waals surface area contributed by atoms with E-state index in [0.29, 0.717) is 50.2 Å². The van der Waals surface area contributed by atoms with Crippen molar-refractivity contribution in [1.29, 1.82) is 5.26 Å². The predicted molar refractivity (Wildman–Crippen MR) is 122 cm³/mol. The summed E-state index contributed by atoms with van der Waals surface area (Å²) in [4.78, 5) is 23.4. The first-order valence-corrected chi connectivity index (χ1v) is 11.2. The number of rotatable bonds is 7. The van der Waals surface area contributed by atoms with Crippen molar-refractivity contribution < 1.29 is 9.53 Å². The minimum absolute atomic E-state index is 0.0148. The molecule has 1 aromatic carbocycles. The van der Waals surface area contributed by atoms with Crippen LogP contribution in [0.3, 0.4) is 0 Å². The molecule has 1 N–H and O–H groups in total. The second-order valence-corrected chi connectivity index (χ2v) is 8.35. The van der Waals surface area contributed by atoms with E-state index in [1.807, 2.05) is 34.0 Å². The molecule has 2 fully saturated rings. The number of nitrogens with zero attached hydrogens (tertiary/aromatic N) is 6. The fourth-order valence-corrected chi connectivity index (χ4v) is 4.06.